The van der Waals surface area contributed by atoms with E-state index in [1.165, 1.54) is 0 Å². The number of aromatic nitrogens is 2. The van der Waals surface area contributed by atoms with E-state index in [2.05, 4.69) is 5.10 Å². The maximum absolute atomic E-state index is 12.0. The normalized spacial score (nSPS) is 12.2. The Morgan fingerprint density at radius 3 is 2.53 bits per heavy atom. The molecular weight excluding hydrogens is 202 g/mol. The van der Waals surface area contributed by atoms with Gasteiger partial charge in [-0.25, -0.2) is 8.78 Å². The van der Waals surface area contributed by atoms with Gasteiger partial charge in [0, 0.05) is 18.8 Å². The first kappa shape index (κ1) is 11.9. The average Bonchev–Trinajstić information content (AvgIpc) is 2.42. The van der Waals surface area contributed by atoms with Crippen LogP contribution in [0.4, 0.5) is 8.78 Å². The molecule has 15 heavy (non-hydrogen) atoms. The molecule has 0 bridgehead atoms. The summed E-state index contributed by atoms with van der Waals surface area (Å²) >= 11 is 0. The quantitative estimate of drug-likeness (QED) is 0.778. The van der Waals surface area contributed by atoms with Gasteiger partial charge in [-0.2, -0.15) is 0 Å². The average molecular weight is 218 g/mol. The molecule has 1 aromatic rings. The Morgan fingerprint density at radius 2 is 2.07 bits per heavy atom. The summed E-state index contributed by atoms with van der Waals surface area (Å²) in [5.41, 5.74) is 0.678. The third-order valence-corrected chi connectivity index (χ3v) is 1.95. The van der Waals surface area contributed by atoms with Crippen LogP contribution in [0.1, 0.15) is 26.3 Å². The summed E-state index contributed by atoms with van der Waals surface area (Å²) in [6.07, 6.45) is -0.680. The summed E-state index contributed by atoms with van der Waals surface area (Å²) in [6.45, 7) is 5.35. The molecule has 0 aliphatic carbocycles. The number of hydrogen-bond donors (Lipinski definition) is 0. The van der Waals surface area contributed by atoms with Crippen LogP contribution >= 0.6 is 0 Å². The van der Waals surface area contributed by atoms with E-state index in [9.17, 15) is 8.78 Å². The van der Waals surface area contributed by atoms with Crippen LogP contribution in [0, 0.1) is 0 Å². The van der Waals surface area contributed by atoms with Crippen LogP contribution in [0.3, 0.4) is 0 Å². The minimum absolute atomic E-state index is 0.161. The van der Waals surface area contributed by atoms with Gasteiger partial charge in [-0.1, -0.05) is 20.8 Å². The van der Waals surface area contributed by atoms with Gasteiger partial charge < -0.3 is 4.74 Å². The SMILES string of the molecule is Cn1cc(C(C)(C)C)c(OCC(F)F)n1. The second-order valence-corrected chi connectivity index (χ2v) is 4.47. The molecule has 0 unspecified atom stereocenters. The topological polar surface area (TPSA) is 27.1 Å². The highest BCUT2D eigenvalue weighted by molar-refractivity contribution is 5.30. The van der Waals surface area contributed by atoms with Crippen molar-refractivity contribution in [3.8, 4) is 5.88 Å². The standard InChI is InChI=1S/C10H16F2N2O/c1-10(2,3)7-5-14(4)13-9(7)15-6-8(11)12/h5,8H,6H2,1-4H3. The largest absolute Gasteiger partial charge is 0.470 e. The number of aryl methyl sites for hydroxylation is 1. The molecule has 0 aliphatic rings. The summed E-state index contributed by atoms with van der Waals surface area (Å²) < 4.78 is 30.5. The van der Waals surface area contributed by atoms with Crippen molar-refractivity contribution in [1.82, 2.24) is 9.78 Å². The predicted octanol–water partition coefficient (Wildman–Crippen LogP) is 2.36. The van der Waals surface area contributed by atoms with Gasteiger partial charge >= 0.3 is 0 Å². The van der Waals surface area contributed by atoms with Gasteiger partial charge in [0.05, 0.1) is 0 Å². The zero-order valence-corrected chi connectivity index (χ0v) is 9.42. The summed E-state index contributed by atoms with van der Waals surface area (Å²) in [7, 11) is 1.74. The maximum atomic E-state index is 12.0. The monoisotopic (exact) mass is 218 g/mol. The van der Waals surface area contributed by atoms with Crippen molar-refractivity contribution in [2.45, 2.75) is 32.6 Å². The number of rotatable bonds is 3. The van der Waals surface area contributed by atoms with Crippen molar-refractivity contribution in [3.05, 3.63) is 11.8 Å². The first-order chi connectivity index (χ1) is 6.80. The molecular formula is C10H16F2N2O. The smallest absolute Gasteiger partial charge is 0.272 e. The molecule has 1 heterocycles. The Hall–Kier alpha value is -1.13. The first-order valence-corrected chi connectivity index (χ1v) is 4.76. The van der Waals surface area contributed by atoms with Gasteiger partial charge in [0.25, 0.3) is 6.43 Å². The molecule has 0 N–H and O–H groups in total. The number of halogens is 2. The first-order valence-electron chi connectivity index (χ1n) is 4.76. The molecule has 1 rings (SSSR count). The van der Waals surface area contributed by atoms with E-state index in [1.807, 2.05) is 20.8 Å². The highest BCUT2D eigenvalue weighted by Gasteiger charge is 2.22. The van der Waals surface area contributed by atoms with Crippen LogP contribution in [-0.4, -0.2) is 22.8 Å². The second-order valence-electron chi connectivity index (χ2n) is 4.47. The predicted molar refractivity (Wildman–Crippen MR) is 53.4 cm³/mol. The van der Waals surface area contributed by atoms with E-state index in [0.717, 1.165) is 5.56 Å². The lowest BCUT2D eigenvalue weighted by Gasteiger charge is -2.17. The van der Waals surface area contributed by atoms with Gasteiger partial charge in [-0.05, 0) is 5.41 Å². The third kappa shape index (κ3) is 3.18. The second kappa shape index (κ2) is 4.16. The third-order valence-electron chi connectivity index (χ3n) is 1.95. The van der Waals surface area contributed by atoms with Crippen LogP contribution in [-0.2, 0) is 12.5 Å². The van der Waals surface area contributed by atoms with E-state index in [-0.39, 0.29) is 5.41 Å². The molecule has 3 nitrogen and oxygen atoms in total. The van der Waals surface area contributed by atoms with Crippen molar-refractivity contribution >= 4 is 0 Å². The van der Waals surface area contributed by atoms with Gasteiger partial charge in [-0.15, -0.1) is 5.10 Å². The van der Waals surface area contributed by atoms with Crippen molar-refractivity contribution in [3.63, 3.8) is 0 Å². The molecule has 0 aromatic carbocycles. The lowest BCUT2D eigenvalue weighted by molar-refractivity contribution is 0.0783. The number of alkyl halides is 2. The van der Waals surface area contributed by atoms with E-state index in [1.54, 1.807) is 17.9 Å². The fourth-order valence-electron chi connectivity index (χ4n) is 1.23. The van der Waals surface area contributed by atoms with Gasteiger partial charge in [0.15, 0.2) is 6.61 Å². The van der Waals surface area contributed by atoms with Gasteiger partial charge in [-0.3, -0.25) is 4.68 Å². The molecule has 0 amide bonds. The Bertz CT molecular complexity index is 329. The van der Waals surface area contributed by atoms with E-state index in [0.29, 0.717) is 5.88 Å². The molecule has 0 saturated carbocycles. The molecule has 5 heteroatoms. The van der Waals surface area contributed by atoms with Crippen LogP contribution in [0.2, 0.25) is 0 Å². The summed E-state index contributed by atoms with van der Waals surface area (Å²) in [4.78, 5) is 0. The molecule has 0 radical (unpaired) electrons. The molecule has 0 atom stereocenters. The number of hydrogen-bond acceptors (Lipinski definition) is 2. The van der Waals surface area contributed by atoms with E-state index in [4.69, 9.17) is 4.74 Å². The highest BCUT2D eigenvalue weighted by Crippen LogP contribution is 2.29. The van der Waals surface area contributed by atoms with Crippen LogP contribution in [0.5, 0.6) is 5.88 Å². The minimum atomic E-state index is -2.47. The molecule has 0 fully saturated rings. The lowest BCUT2D eigenvalue weighted by atomic mass is 9.89. The molecule has 0 aliphatic heterocycles. The number of ether oxygens (including phenoxy) is 1. The molecule has 0 spiro atoms. The van der Waals surface area contributed by atoms with Gasteiger partial charge in [0.1, 0.15) is 0 Å². The zero-order valence-electron chi connectivity index (χ0n) is 9.42. The van der Waals surface area contributed by atoms with Crippen LogP contribution in [0.15, 0.2) is 6.20 Å². The molecule has 86 valence electrons. The fraction of sp³-hybridized carbons (Fsp3) is 0.700. The summed E-state index contributed by atoms with van der Waals surface area (Å²) in [6, 6.07) is 0. The van der Waals surface area contributed by atoms with Crippen molar-refractivity contribution in [2.24, 2.45) is 7.05 Å². The Labute approximate surface area is 88.0 Å². The lowest BCUT2D eigenvalue weighted by Crippen LogP contribution is -2.14. The fourth-order valence-corrected chi connectivity index (χ4v) is 1.23. The molecule has 0 saturated heterocycles. The van der Waals surface area contributed by atoms with Crippen LogP contribution in [0.25, 0.3) is 0 Å². The number of nitrogens with zero attached hydrogens (tertiary/aromatic N) is 2. The zero-order chi connectivity index (χ0) is 11.6. The van der Waals surface area contributed by atoms with Crippen molar-refractivity contribution in [2.75, 3.05) is 6.61 Å². The maximum Gasteiger partial charge on any atom is 0.272 e. The Balaban J connectivity index is 2.87. The van der Waals surface area contributed by atoms with Crippen LogP contribution < -0.4 is 4.74 Å². The van der Waals surface area contributed by atoms with Crippen molar-refractivity contribution in [1.29, 1.82) is 0 Å². The summed E-state index contributed by atoms with van der Waals surface area (Å²) in [5, 5.41) is 4.01. The van der Waals surface area contributed by atoms with Crippen molar-refractivity contribution < 1.29 is 13.5 Å². The highest BCUT2D eigenvalue weighted by atomic mass is 19.3. The van der Waals surface area contributed by atoms with E-state index < -0.39 is 13.0 Å². The Morgan fingerprint density at radius 1 is 1.47 bits per heavy atom. The summed E-state index contributed by atoms with van der Waals surface area (Å²) in [5.74, 6) is 0.297. The van der Waals surface area contributed by atoms with Gasteiger partial charge in [0.2, 0.25) is 5.88 Å². The van der Waals surface area contributed by atoms with E-state index >= 15 is 0 Å². The Kier molecular flexibility index (Phi) is 3.31. The minimum Gasteiger partial charge on any atom is -0.470 e. The molecule has 1 aromatic heterocycles.